The van der Waals surface area contributed by atoms with Gasteiger partial charge in [-0.2, -0.15) is 4.31 Å². The molecule has 1 unspecified atom stereocenters. The van der Waals surface area contributed by atoms with Gasteiger partial charge in [-0.3, -0.25) is 4.79 Å². The third kappa shape index (κ3) is 3.16. The molecule has 27 heavy (non-hydrogen) atoms. The lowest BCUT2D eigenvalue weighted by Gasteiger charge is -2.29. The fourth-order valence-corrected chi connectivity index (χ4v) is 5.72. The van der Waals surface area contributed by atoms with Crippen molar-refractivity contribution in [1.82, 2.24) is 9.62 Å². The van der Waals surface area contributed by atoms with Crippen molar-refractivity contribution < 1.29 is 18.3 Å². The Bertz CT molecular complexity index is 987. The second-order valence-corrected chi connectivity index (χ2v) is 8.81. The van der Waals surface area contributed by atoms with Gasteiger partial charge in [0.05, 0.1) is 17.5 Å². The first-order chi connectivity index (χ1) is 13.0. The van der Waals surface area contributed by atoms with Crippen LogP contribution in [0.25, 0.3) is 0 Å². The van der Waals surface area contributed by atoms with E-state index < -0.39 is 10.0 Å². The van der Waals surface area contributed by atoms with Crippen molar-refractivity contribution in [3.63, 3.8) is 0 Å². The van der Waals surface area contributed by atoms with E-state index in [1.165, 1.54) is 10.4 Å². The Kier molecular flexibility index (Phi) is 4.75. The number of amides is 1. The Morgan fingerprint density at radius 3 is 2.74 bits per heavy atom. The quantitative estimate of drug-likeness (QED) is 0.818. The molecule has 2 N–H and O–H groups in total. The second-order valence-electron chi connectivity index (χ2n) is 6.92. The van der Waals surface area contributed by atoms with E-state index in [1.807, 2.05) is 24.3 Å². The van der Waals surface area contributed by atoms with E-state index in [4.69, 9.17) is 0 Å². The minimum absolute atomic E-state index is 0.0185. The Balaban J connectivity index is 1.75. The van der Waals surface area contributed by atoms with Gasteiger partial charge >= 0.3 is 0 Å². The van der Waals surface area contributed by atoms with Gasteiger partial charge in [0.15, 0.2) is 0 Å². The molecule has 1 heterocycles. The molecule has 1 aliphatic carbocycles. The van der Waals surface area contributed by atoms with E-state index in [0.717, 1.165) is 23.1 Å². The summed E-state index contributed by atoms with van der Waals surface area (Å²) in [7, 11) is -3.85. The minimum atomic E-state index is -3.85. The largest absolute Gasteiger partial charge is 0.395 e. The number of aliphatic hydroxyl groups excluding tert-OH is 1. The standard InChI is InChI=1S/C20H22N2O4S/c23-12-11-22(19-8-6-14-3-1-2-4-17(14)19)27(25,26)16-7-5-15-9-10-21-20(24)18(15)13-16/h1-5,7,13,19,23H,6,8-12H2,(H,21,24). The molecule has 0 saturated carbocycles. The number of nitrogens with one attached hydrogen (secondary N) is 1. The second kappa shape index (κ2) is 7.07. The zero-order valence-corrected chi connectivity index (χ0v) is 15.7. The molecule has 1 atom stereocenters. The van der Waals surface area contributed by atoms with Gasteiger partial charge in [-0.15, -0.1) is 0 Å². The van der Waals surface area contributed by atoms with Crippen LogP contribution in [0.4, 0.5) is 0 Å². The SMILES string of the molecule is O=C1NCCc2ccc(S(=O)(=O)N(CCO)C3CCc4ccccc43)cc21. The monoisotopic (exact) mass is 386 g/mol. The molecule has 6 nitrogen and oxygen atoms in total. The molecule has 0 radical (unpaired) electrons. The van der Waals surface area contributed by atoms with E-state index in [0.29, 0.717) is 24.9 Å². The summed E-state index contributed by atoms with van der Waals surface area (Å²) < 4.78 is 28.2. The van der Waals surface area contributed by atoms with Crippen molar-refractivity contribution in [1.29, 1.82) is 0 Å². The van der Waals surface area contributed by atoms with Crippen molar-refractivity contribution in [3.05, 3.63) is 64.7 Å². The average molecular weight is 386 g/mol. The van der Waals surface area contributed by atoms with Gasteiger partial charge in [0, 0.05) is 18.7 Å². The fraction of sp³-hybridized carbons (Fsp3) is 0.350. The number of benzene rings is 2. The molecule has 2 aromatic rings. The van der Waals surface area contributed by atoms with Crippen molar-refractivity contribution in [2.24, 2.45) is 0 Å². The molecule has 0 fully saturated rings. The van der Waals surface area contributed by atoms with Crippen LogP contribution in [-0.4, -0.2) is 43.4 Å². The summed E-state index contributed by atoms with van der Waals surface area (Å²) in [5.41, 5.74) is 3.41. The minimum Gasteiger partial charge on any atom is -0.395 e. The summed E-state index contributed by atoms with van der Waals surface area (Å²) in [6, 6.07) is 12.3. The number of rotatable bonds is 5. The average Bonchev–Trinajstić information content (AvgIpc) is 3.10. The van der Waals surface area contributed by atoms with Crippen LogP contribution in [0, 0.1) is 0 Å². The number of carbonyl (C=O) groups excluding carboxylic acids is 1. The highest BCUT2D eigenvalue weighted by Crippen LogP contribution is 2.38. The molecular formula is C20H22N2O4S. The van der Waals surface area contributed by atoms with Crippen LogP contribution in [0.5, 0.6) is 0 Å². The van der Waals surface area contributed by atoms with E-state index in [9.17, 15) is 18.3 Å². The first-order valence-corrected chi connectivity index (χ1v) is 10.6. The number of aryl methyl sites for hydroxylation is 1. The summed E-state index contributed by atoms with van der Waals surface area (Å²) in [6.07, 6.45) is 2.19. The fourth-order valence-electron chi connectivity index (χ4n) is 4.06. The zero-order valence-electron chi connectivity index (χ0n) is 14.9. The molecule has 4 rings (SSSR count). The lowest BCUT2D eigenvalue weighted by molar-refractivity contribution is 0.0945. The van der Waals surface area contributed by atoms with Gasteiger partial charge in [-0.05, 0) is 48.1 Å². The van der Waals surface area contributed by atoms with Gasteiger partial charge in [0.2, 0.25) is 10.0 Å². The molecule has 1 aliphatic heterocycles. The number of aliphatic hydroxyl groups is 1. The Morgan fingerprint density at radius 2 is 1.93 bits per heavy atom. The predicted molar refractivity (Wildman–Crippen MR) is 101 cm³/mol. The van der Waals surface area contributed by atoms with Gasteiger partial charge in [0.25, 0.3) is 5.91 Å². The third-order valence-corrected chi connectivity index (χ3v) is 7.29. The van der Waals surface area contributed by atoms with Crippen LogP contribution < -0.4 is 5.32 Å². The maximum absolute atomic E-state index is 13.4. The topological polar surface area (TPSA) is 86.7 Å². The van der Waals surface area contributed by atoms with E-state index in [-0.39, 0.29) is 30.0 Å². The number of nitrogens with zero attached hydrogens (tertiary/aromatic N) is 1. The summed E-state index contributed by atoms with van der Waals surface area (Å²) in [5.74, 6) is -0.242. The molecule has 2 aliphatic rings. The Hall–Kier alpha value is -2.22. The van der Waals surface area contributed by atoms with E-state index >= 15 is 0 Å². The van der Waals surface area contributed by atoms with Crippen LogP contribution in [0.15, 0.2) is 47.4 Å². The summed E-state index contributed by atoms with van der Waals surface area (Å²) in [5, 5.41) is 12.3. The molecule has 0 bridgehead atoms. The molecule has 2 aromatic carbocycles. The van der Waals surface area contributed by atoms with Gasteiger partial charge < -0.3 is 10.4 Å². The third-order valence-electron chi connectivity index (χ3n) is 5.38. The van der Waals surface area contributed by atoms with Gasteiger partial charge in [-0.1, -0.05) is 30.3 Å². The summed E-state index contributed by atoms with van der Waals surface area (Å²) >= 11 is 0. The molecule has 7 heteroatoms. The van der Waals surface area contributed by atoms with Crippen molar-refractivity contribution in [2.75, 3.05) is 19.7 Å². The first kappa shape index (κ1) is 18.2. The number of sulfonamides is 1. The number of hydrogen-bond donors (Lipinski definition) is 2. The highest BCUT2D eigenvalue weighted by Gasteiger charge is 2.36. The maximum atomic E-state index is 13.4. The molecule has 0 aromatic heterocycles. The Labute approximate surface area is 158 Å². The Morgan fingerprint density at radius 1 is 1.11 bits per heavy atom. The van der Waals surface area contributed by atoms with Crippen LogP contribution in [-0.2, 0) is 22.9 Å². The van der Waals surface area contributed by atoms with Crippen molar-refractivity contribution >= 4 is 15.9 Å². The number of fused-ring (bicyclic) bond motifs is 2. The van der Waals surface area contributed by atoms with Crippen molar-refractivity contribution in [2.45, 2.75) is 30.2 Å². The smallest absolute Gasteiger partial charge is 0.251 e. The molecule has 0 spiro atoms. The molecular weight excluding hydrogens is 364 g/mol. The summed E-state index contributed by atoms with van der Waals surface area (Å²) in [4.78, 5) is 12.2. The maximum Gasteiger partial charge on any atom is 0.251 e. The van der Waals surface area contributed by atoms with E-state index in [2.05, 4.69) is 5.32 Å². The zero-order chi connectivity index (χ0) is 19.0. The number of carbonyl (C=O) groups is 1. The lowest BCUT2D eigenvalue weighted by atomic mass is 10.0. The normalized spacial score (nSPS) is 18.9. The molecule has 142 valence electrons. The first-order valence-electron chi connectivity index (χ1n) is 9.14. The van der Waals surface area contributed by atoms with Crippen molar-refractivity contribution in [3.8, 4) is 0 Å². The van der Waals surface area contributed by atoms with Crippen LogP contribution >= 0.6 is 0 Å². The van der Waals surface area contributed by atoms with Crippen LogP contribution in [0.1, 0.15) is 39.5 Å². The predicted octanol–water partition coefficient (Wildman–Crippen LogP) is 1.64. The van der Waals surface area contributed by atoms with Gasteiger partial charge in [0.1, 0.15) is 0 Å². The lowest BCUT2D eigenvalue weighted by Crippen LogP contribution is -2.37. The van der Waals surface area contributed by atoms with Crippen LogP contribution in [0.3, 0.4) is 0 Å². The molecule has 1 amide bonds. The van der Waals surface area contributed by atoms with E-state index in [1.54, 1.807) is 12.1 Å². The van der Waals surface area contributed by atoms with Crippen LogP contribution in [0.2, 0.25) is 0 Å². The highest BCUT2D eigenvalue weighted by atomic mass is 32.2. The summed E-state index contributed by atoms with van der Waals surface area (Å²) in [6.45, 7) is 0.321. The molecule has 0 saturated heterocycles. The highest BCUT2D eigenvalue weighted by molar-refractivity contribution is 7.89. The van der Waals surface area contributed by atoms with Gasteiger partial charge in [-0.25, -0.2) is 8.42 Å². The number of hydrogen-bond acceptors (Lipinski definition) is 4.